The Morgan fingerprint density at radius 2 is 2.05 bits per heavy atom. The molecule has 108 valence electrons. The lowest BCUT2D eigenvalue weighted by Crippen LogP contribution is -2.48. The maximum atomic E-state index is 12.5. The summed E-state index contributed by atoms with van der Waals surface area (Å²) in [6, 6.07) is 10.7. The monoisotopic (exact) mass is 272 g/mol. The van der Waals surface area contributed by atoms with Gasteiger partial charge in [0.05, 0.1) is 6.04 Å². The molecule has 0 radical (unpaired) electrons. The molecule has 2 aliphatic heterocycles. The number of nitrogens with zero attached hydrogens (tertiary/aromatic N) is 1. The van der Waals surface area contributed by atoms with Gasteiger partial charge in [0.15, 0.2) is 0 Å². The van der Waals surface area contributed by atoms with Crippen LogP contribution in [-0.4, -0.2) is 36.5 Å². The van der Waals surface area contributed by atoms with Gasteiger partial charge in [-0.05, 0) is 50.1 Å². The zero-order valence-electron chi connectivity index (χ0n) is 12.1. The number of piperidine rings is 1. The number of benzene rings is 1. The highest BCUT2D eigenvalue weighted by atomic mass is 16.2. The van der Waals surface area contributed by atoms with Crippen LogP contribution in [0.4, 0.5) is 0 Å². The highest BCUT2D eigenvalue weighted by Crippen LogP contribution is 2.22. The minimum atomic E-state index is 0.0884. The molecule has 2 saturated heterocycles. The third kappa shape index (κ3) is 3.21. The zero-order valence-corrected chi connectivity index (χ0v) is 12.1. The van der Waals surface area contributed by atoms with Crippen LogP contribution in [0.3, 0.4) is 0 Å². The van der Waals surface area contributed by atoms with Crippen molar-refractivity contribution in [2.45, 2.75) is 38.1 Å². The summed E-state index contributed by atoms with van der Waals surface area (Å²) in [4.78, 5) is 14.6. The molecule has 3 rings (SSSR count). The number of carbonyl (C=O) groups excluding carboxylic acids is 1. The third-order valence-corrected chi connectivity index (χ3v) is 4.56. The highest BCUT2D eigenvalue weighted by Gasteiger charge is 2.30. The first-order chi connectivity index (χ1) is 9.83. The summed E-state index contributed by atoms with van der Waals surface area (Å²) in [6.45, 7) is 2.88. The molecule has 2 unspecified atom stereocenters. The number of amides is 1. The molecule has 3 nitrogen and oxygen atoms in total. The van der Waals surface area contributed by atoms with E-state index < -0.39 is 0 Å². The second-order valence-electron chi connectivity index (χ2n) is 6.13. The van der Waals surface area contributed by atoms with Crippen LogP contribution >= 0.6 is 0 Å². The van der Waals surface area contributed by atoms with Crippen molar-refractivity contribution < 1.29 is 4.79 Å². The number of likely N-dealkylation sites (tertiary alicyclic amines) is 1. The van der Waals surface area contributed by atoms with Crippen molar-refractivity contribution in [2.75, 3.05) is 19.6 Å². The van der Waals surface area contributed by atoms with E-state index in [2.05, 4.69) is 40.5 Å². The Bertz CT molecular complexity index is 440. The molecule has 0 aliphatic carbocycles. The van der Waals surface area contributed by atoms with Crippen LogP contribution in [-0.2, 0) is 11.2 Å². The van der Waals surface area contributed by atoms with Gasteiger partial charge in [0, 0.05) is 13.1 Å². The van der Waals surface area contributed by atoms with Crippen molar-refractivity contribution in [2.24, 2.45) is 5.92 Å². The quantitative estimate of drug-likeness (QED) is 0.915. The van der Waals surface area contributed by atoms with E-state index in [9.17, 15) is 4.79 Å². The molecule has 2 aliphatic rings. The smallest absolute Gasteiger partial charge is 0.239 e. The van der Waals surface area contributed by atoms with Gasteiger partial charge in [-0.3, -0.25) is 4.79 Å². The molecule has 2 atom stereocenters. The molecule has 20 heavy (non-hydrogen) atoms. The van der Waals surface area contributed by atoms with Crippen LogP contribution in [0, 0.1) is 5.92 Å². The summed E-state index contributed by atoms with van der Waals surface area (Å²) in [5.41, 5.74) is 1.39. The van der Waals surface area contributed by atoms with Crippen LogP contribution in [0.1, 0.15) is 31.2 Å². The lowest BCUT2D eigenvalue weighted by atomic mass is 9.91. The van der Waals surface area contributed by atoms with Crippen LogP contribution < -0.4 is 5.32 Å². The highest BCUT2D eigenvalue weighted by molar-refractivity contribution is 5.82. The van der Waals surface area contributed by atoms with Gasteiger partial charge in [-0.15, -0.1) is 0 Å². The van der Waals surface area contributed by atoms with Gasteiger partial charge < -0.3 is 10.2 Å². The Balaban J connectivity index is 1.57. The summed E-state index contributed by atoms with van der Waals surface area (Å²) < 4.78 is 0. The van der Waals surface area contributed by atoms with E-state index in [0.29, 0.717) is 11.8 Å². The molecule has 2 fully saturated rings. The number of nitrogens with one attached hydrogen (secondary N) is 1. The van der Waals surface area contributed by atoms with E-state index in [1.165, 1.54) is 12.0 Å². The maximum absolute atomic E-state index is 12.5. The van der Waals surface area contributed by atoms with Gasteiger partial charge in [-0.2, -0.15) is 0 Å². The number of hydrogen-bond donors (Lipinski definition) is 1. The van der Waals surface area contributed by atoms with Gasteiger partial charge in [0.1, 0.15) is 0 Å². The van der Waals surface area contributed by atoms with Crippen LogP contribution in [0.2, 0.25) is 0 Å². The Morgan fingerprint density at radius 1 is 1.20 bits per heavy atom. The largest absolute Gasteiger partial charge is 0.341 e. The predicted octanol–water partition coefficient (Wildman–Crippen LogP) is 2.22. The minimum absolute atomic E-state index is 0.0884. The van der Waals surface area contributed by atoms with E-state index in [1.807, 2.05) is 0 Å². The van der Waals surface area contributed by atoms with E-state index >= 15 is 0 Å². The number of rotatable bonds is 3. The molecule has 1 aromatic rings. The average molecular weight is 272 g/mol. The Kier molecular flexibility index (Phi) is 4.36. The molecule has 1 aromatic carbocycles. The SMILES string of the molecule is O=C(C1CCCN1)N1CCCC(Cc2ccccc2)C1. The fourth-order valence-electron chi connectivity index (χ4n) is 3.49. The van der Waals surface area contributed by atoms with Crippen LogP contribution in [0.15, 0.2) is 30.3 Å². The maximum Gasteiger partial charge on any atom is 0.239 e. The predicted molar refractivity (Wildman–Crippen MR) is 80.5 cm³/mol. The summed E-state index contributed by atoms with van der Waals surface area (Å²) in [5, 5.41) is 3.33. The van der Waals surface area contributed by atoms with E-state index in [1.54, 1.807) is 0 Å². The van der Waals surface area contributed by atoms with E-state index in [0.717, 1.165) is 45.3 Å². The van der Waals surface area contributed by atoms with Crippen molar-refractivity contribution in [1.29, 1.82) is 0 Å². The normalized spacial score (nSPS) is 26.7. The first-order valence-corrected chi connectivity index (χ1v) is 7.89. The molecule has 2 heterocycles. The minimum Gasteiger partial charge on any atom is -0.341 e. The molecule has 1 N–H and O–H groups in total. The summed E-state index contributed by atoms with van der Waals surface area (Å²) >= 11 is 0. The molecule has 0 aromatic heterocycles. The average Bonchev–Trinajstić information content (AvgIpc) is 3.02. The molecule has 0 saturated carbocycles. The van der Waals surface area contributed by atoms with Crippen molar-refractivity contribution in [1.82, 2.24) is 10.2 Å². The number of hydrogen-bond acceptors (Lipinski definition) is 2. The van der Waals surface area contributed by atoms with Gasteiger partial charge in [-0.25, -0.2) is 0 Å². The van der Waals surface area contributed by atoms with Gasteiger partial charge in [0.25, 0.3) is 0 Å². The van der Waals surface area contributed by atoms with Crippen LogP contribution in [0.5, 0.6) is 0 Å². The molecule has 1 amide bonds. The second kappa shape index (κ2) is 6.40. The lowest BCUT2D eigenvalue weighted by molar-refractivity contribution is -0.134. The summed E-state index contributed by atoms with van der Waals surface area (Å²) in [6.07, 6.45) is 5.64. The third-order valence-electron chi connectivity index (χ3n) is 4.56. The van der Waals surface area contributed by atoms with Gasteiger partial charge in [0.2, 0.25) is 5.91 Å². The molecule has 0 bridgehead atoms. The fraction of sp³-hybridized carbons (Fsp3) is 0.588. The van der Waals surface area contributed by atoms with E-state index in [-0.39, 0.29) is 6.04 Å². The van der Waals surface area contributed by atoms with Crippen molar-refractivity contribution in [3.8, 4) is 0 Å². The molecule has 3 heteroatoms. The zero-order chi connectivity index (χ0) is 13.8. The second-order valence-corrected chi connectivity index (χ2v) is 6.13. The molecular formula is C17H24N2O. The van der Waals surface area contributed by atoms with Gasteiger partial charge in [-0.1, -0.05) is 30.3 Å². The van der Waals surface area contributed by atoms with Gasteiger partial charge >= 0.3 is 0 Å². The molecular weight excluding hydrogens is 248 g/mol. The Labute approximate surface area is 121 Å². The standard InChI is InChI=1S/C17H24N2O/c20-17(16-9-4-10-18-16)19-11-5-8-15(13-19)12-14-6-2-1-3-7-14/h1-3,6-7,15-16,18H,4-5,8-13H2. The first-order valence-electron chi connectivity index (χ1n) is 7.89. The number of carbonyl (C=O) groups is 1. The molecule has 0 spiro atoms. The Morgan fingerprint density at radius 3 is 2.80 bits per heavy atom. The fourth-order valence-corrected chi connectivity index (χ4v) is 3.49. The summed E-state index contributed by atoms with van der Waals surface area (Å²) in [7, 11) is 0. The van der Waals surface area contributed by atoms with Crippen molar-refractivity contribution in [3.63, 3.8) is 0 Å². The van der Waals surface area contributed by atoms with Crippen molar-refractivity contribution in [3.05, 3.63) is 35.9 Å². The lowest BCUT2D eigenvalue weighted by Gasteiger charge is -2.34. The van der Waals surface area contributed by atoms with Crippen molar-refractivity contribution >= 4 is 5.91 Å². The summed E-state index contributed by atoms with van der Waals surface area (Å²) in [5.74, 6) is 0.955. The topological polar surface area (TPSA) is 32.3 Å². The van der Waals surface area contributed by atoms with E-state index in [4.69, 9.17) is 0 Å². The van der Waals surface area contributed by atoms with Crippen LogP contribution in [0.25, 0.3) is 0 Å². The Hall–Kier alpha value is -1.35. The first kappa shape index (κ1) is 13.6.